The van der Waals surface area contributed by atoms with Gasteiger partial charge in [-0.3, -0.25) is 0 Å². The Morgan fingerprint density at radius 2 is 2.45 bits per heavy atom. The van der Waals surface area contributed by atoms with Crippen molar-refractivity contribution in [1.29, 1.82) is 0 Å². The van der Waals surface area contributed by atoms with Crippen LogP contribution in [-0.4, -0.2) is 22.4 Å². The minimum Gasteiger partial charge on any atom is -0.462 e. The fraction of sp³-hybridized carbons (Fsp3) is 0.286. The number of rotatable bonds is 3. The quantitative estimate of drug-likeness (QED) is 0.874. The summed E-state index contributed by atoms with van der Waals surface area (Å²) in [5, 5.41) is 7.36. The zero-order valence-electron chi connectivity index (χ0n) is 11.0. The van der Waals surface area contributed by atoms with E-state index in [1.54, 1.807) is 17.7 Å². The van der Waals surface area contributed by atoms with Crippen LogP contribution in [-0.2, 0) is 11.3 Å². The molecule has 104 valence electrons. The molecule has 1 N–H and O–H groups in total. The Morgan fingerprint density at radius 3 is 3.20 bits per heavy atom. The van der Waals surface area contributed by atoms with E-state index in [4.69, 9.17) is 4.74 Å². The summed E-state index contributed by atoms with van der Waals surface area (Å²) in [4.78, 5) is 11.8. The molecule has 6 heteroatoms. The first-order valence-corrected chi connectivity index (χ1v) is 6.44. The fourth-order valence-corrected chi connectivity index (χ4v) is 2.33. The van der Waals surface area contributed by atoms with Crippen molar-refractivity contribution in [2.24, 2.45) is 0 Å². The predicted octanol–water partition coefficient (Wildman–Crippen LogP) is 2.37. The number of esters is 1. The number of halogens is 1. The summed E-state index contributed by atoms with van der Waals surface area (Å²) in [5.74, 6) is -0.0571. The second-order valence-corrected chi connectivity index (χ2v) is 4.56. The van der Waals surface area contributed by atoms with Crippen LogP contribution in [0.4, 0.5) is 10.2 Å². The lowest BCUT2D eigenvalue weighted by molar-refractivity contribution is 0.0527. The van der Waals surface area contributed by atoms with Gasteiger partial charge in [-0.05, 0) is 24.6 Å². The van der Waals surface area contributed by atoms with Crippen LogP contribution in [0.15, 0.2) is 30.5 Å². The first kappa shape index (κ1) is 12.7. The Kier molecular flexibility index (Phi) is 3.14. The van der Waals surface area contributed by atoms with Gasteiger partial charge in [-0.2, -0.15) is 5.10 Å². The summed E-state index contributed by atoms with van der Waals surface area (Å²) in [6.07, 6.45) is 1.49. The number of aromatic nitrogens is 2. The predicted molar refractivity (Wildman–Crippen MR) is 70.9 cm³/mol. The van der Waals surface area contributed by atoms with E-state index in [0.717, 1.165) is 5.56 Å². The highest BCUT2D eigenvalue weighted by atomic mass is 19.1. The largest absolute Gasteiger partial charge is 0.462 e. The molecular weight excluding hydrogens is 261 g/mol. The SMILES string of the molecule is CCOC(=O)c1cnn2c1NC(c1cccc(F)c1)C2. The van der Waals surface area contributed by atoms with Gasteiger partial charge in [-0.1, -0.05) is 12.1 Å². The summed E-state index contributed by atoms with van der Waals surface area (Å²) in [6, 6.07) is 6.30. The number of hydrogen-bond donors (Lipinski definition) is 1. The van der Waals surface area contributed by atoms with E-state index in [9.17, 15) is 9.18 Å². The van der Waals surface area contributed by atoms with Gasteiger partial charge in [0.1, 0.15) is 17.2 Å². The molecule has 2 heterocycles. The van der Waals surface area contributed by atoms with Crippen LogP contribution in [0.25, 0.3) is 0 Å². The Hall–Kier alpha value is -2.37. The standard InChI is InChI=1S/C14H14FN3O2/c1-2-20-14(19)11-7-16-18-8-12(17-13(11)18)9-4-3-5-10(15)6-9/h3-7,12,17H,2,8H2,1H3. The molecule has 3 rings (SSSR count). The molecule has 0 radical (unpaired) electrons. The highest BCUT2D eigenvalue weighted by molar-refractivity contribution is 5.94. The molecule has 1 aromatic carbocycles. The van der Waals surface area contributed by atoms with Crippen LogP contribution in [0.5, 0.6) is 0 Å². The molecule has 1 unspecified atom stereocenters. The summed E-state index contributed by atoms with van der Waals surface area (Å²) < 4.78 is 19.9. The van der Waals surface area contributed by atoms with E-state index in [-0.39, 0.29) is 11.9 Å². The van der Waals surface area contributed by atoms with E-state index < -0.39 is 5.97 Å². The van der Waals surface area contributed by atoms with Gasteiger partial charge in [0.15, 0.2) is 0 Å². The highest BCUT2D eigenvalue weighted by Gasteiger charge is 2.28. The number of carbonyl (C=O) groups excluding carboxylic acids is 1. The minimum atomic E-state index is -0.402. The highest BCUT2D eigenvalue weighted by Crippen LogP contribution is 2.31. The number of ether oxygens (including phenoxy) is 1. The molecule has 0 fully saturated rings. The van der Waals surface area contributed by atoms with Gasteiger partial charge >= 0.3 is 5.97 Å². The molecular formula is C14H14FN3O2. The van der Waals surface area contributed by atoms with Crippen LogP contribution in [0.1, 0.15) is 28.9 Å². The molecule has 0 saturated heterocycles. The fourth-order valence-electron chi connectivity index (χ4n) is 2.33. The number of nitrogens with zero attached hydrogens (tertiary/aromatic N) is 2. The second kappa shape index (κ2) is 4.96. The lowest BCUT2D eigenvalue weighted by Gasteiger charge is -2.11. The van der Waals surface area contributed by atoms with Gasteiger partial charge in [-0.25, -0.2) is 13.9 Å². The van der Waals surface area contributed by atoms with Crippen LogP contribution in [0.2, 0.25) is 0 Å². The molecule has 2 aromatic rings. The first-order valence-electron chi connectivity index (χ1n) is 6.44. The molecule has 1 atom stereocenters. The van der Waals surface area contributed by atoms with Gasteiger partial charge in [0.25, 0.3) is 0 Å². The average molecular weight is 275 g/mol. The number of anilines is 1. The average Bonchev–Trinajstić information content (AvgIpc) is 2.98. The maximum absolute atomic E-state index is 13.3. The number of benzene rings is 1. The van der Waals surface area contributed by atoms with Crippen molar-refractivity contribution in [2.45, 2.75) is 19.5 Å². The molecule has 1 aliphatic heterocycles. The Bertz CT molecular complexity index is 654. The minimum absolute atomic E-state index is 0.0948. The number of carbonyl (C=O) groups is 1. The van der Waals surface area contributed by atoms with Crippen molar-refractivity contribution in [3.8, 4) is 0 Å². The van der Waals surface area contributed by atoms with Gasteiger partial charge in [0.2, 0.25) is 0 Å². The monoisotopic (exact) mass is 275 g/mol. The molecule has 20 heavy (non-hydrogen) atoms. The molecule has 0 aliphatic carbocycles. The molecule has 1 aromatic heterocycles. The molecule has 5 nitrogen and oxygen atoms in total. The van der Waals surface area contributed by atoms with Gasteiger partial charge in [-0.15, -0.1) is 0 Å². The third-order valence-corrected chi connectivity index (χ3v) is 3.25. The van der Waals surface area contributed by atoms with Crippen molar-refractivity contribution in [1.82, 2.24) is 9.78 Å². The van der Waals surface area contributed by atoms with Gasteiger partial charge in [0, 0.05) is 0 Å². The normalized spacial score (nSPS) is 16.6. The van der Waals surface area contributed by atoms with Crippen LogP contribution < -0.4 is 5.32 Å². The second-order valence-electron chi connectivity index (χ2n) is 4.56. The van der Waals surface area contributed by atoms with Crippen LogP contribution in [0, 0.1) is 5.82 Å². The number of hydrogen-bond acceptors (Lipinski definition) is 4. The summed E-state index contributed by atoms with van der Waals surface area (Å²) in [5.41, 5.74) is 1.23. The van der Waals surface area contributed by atoms with Crippen LogP contribution in [0.3, 0.4) is 0 Å². The van der Waals surface area contributed by atoms with Crippen molar-refractivity contribution >= 4 is 11.8 Å². The van der Waals surface area contributed by atoms with E-state index in [2.05, 4.69) is 10.4 Å². The van der Waals surface area contributed by atoms with E-state index in [1.807, 2.05) is 6.07 Å². The van der Waals surface area contributed by atoms with Crippen molar-refractivity contribution < 1.29 is 13.9 Å². The third kappa shape index (κ3) is 2.13. The lowest BCUT2D eigenvalue weighted by atomic mass is 10.1. The smallest absolute Gasteiger partial charge is 0.343 e. The van der Waals surface area contributed by atoms with Crippen molar-refractivity contribution in [3.63, 3.8) is 0 Å². The molecule has 0 amide bonds. The number of nitrogens with one attached hydrogen (secondary N) is 1. The summed E-state index contributed by atoms with van der Waals surface area (Å²) in [6.45, 7) is 2.62. The topological polar surface area (TPSA) is 56.1 Å². The maximum atomic E-state index is 13.3. The van der Waals surface area contributed by atoms with Crippen LogP contribution >= 0.6 is 0 Å². The van der Waals surface area contributed by atoms with E-state index in [0.29, 0.717) is 24.5 Å². The molecule has 1 aliphatic rings. The zero-order valence-corrected chi connectivity index (χ0v) is 11.0. The molecule has 0 saturated carbocycles. The summed E-state index contributed by atoms with van der Waals surface area (Å²) >= 11 is 0. The molecule has 0 spiro atoms. The Labute approximate surface area is 115 Å². The van der Waals surface area contributed by atoms with E-state index >= 15 is 0 Å². The zero-order chi connectivity index (χ0) is 14.1. The van der Waals surface area contributed by atoms with Crippen molar-refractivity contribution in [3.05, 3.63) is 47.4 Å². The third-order valence-electron chi connectivity index (χ3n) is 3.25. The lowest BCUT2D eigenvalue weighted by Crippen LogP contribution is -2.10. The molecule has 0 bridgehead atoms. The van der Waals surface area contributed by atoms with Crippen molar-refractivity contribution in [2.75, 3.05) is 11.9 Å². The maximum Gasteiger partial charge on any atom is 0.343 e. The Balaban J connectivity index is 1.84. The van der Waals surface area contributed by atoms with Gasteiger partial charge in [0.05, 0.1) is 25.4 Å². The summed E-state index contributed by atoms with van der Waals surface area (Å²) in [7, 11) is 0. The number of fused-ring (bicyclic) bond motifs is 1. The van der Waals surface area contributed by atoms with Gasteiger partial charge < -0.3 is 10.1 Å². The Morgan fingerprint density at radius 1 is 1.60 bits per heavy atom. The van der Waals surface area contributed by atoms with E-state index in [1.165, 1.54) is 18.3 Å². The first-order chi connectivity index (χ1) is 9.69.